The van der Waals surface area contributed by atoms with Crippen molar-refractivity contribution >= 4 is 29.5 Å². The van der Waals surface area contributed by atoms with Crippen LogP contribution in [0.4, 0.5) is 74.6 Å². The Morgan fingerprint density at radius 1 is 0.750 bits per heavy atom. The lowest BCUT2D eigenvalue weighted by Crippen LogP contribution is -2.74. The number of thioether (sulfide) groups is 1. The molecule has 2 aliphatic rings. The molecule has 2 unspecified atom stereocenters. The molecule has 0 aliphatic heterocycles. The molecule has 52 heavy (non-hydrogen) atoms. The smallest absolute Gasteiger partial charge is 0.352 e. The molecule has 1 aromatic rings. The van der Waals surface area contributed by atoms with Gasteiger partial charge in [0.1, 0.15) is 0 Å². The quantitative estimate of drug-likeness (QED) is 0.109. The zero-order chi connectivity index (χ0) is 40.4. The van der Waals surface area contributed by atoms with Gasteiger partial charge in [0.05, 0.1) is 0 Å². The van der Waals surface area contributed by atoms with Crippen molar-refractivity contribution in [2.75, 3.05) is 11.5 Å². The molecule has 2 atom stereocenters. The minimum Gasteiger partial charge on any atom is -0.352 e. The molecule has 2 saturated carbocycles. The molecule has 1 aromatic carbocycles. The van der Waals surface area contributed by atoms with Crippen molar-refractivity contribution in [2.24, 2.45) is 16.7 Å². The van der Waals surface area contributed by atoms with Crippen LogP contribution in [-0.4, -0.2) is 70.8 Å². The van der Waals surface area contributed by atoms with Crippen molar-refractivity contribution in [2.45, 2.75) is 101 Å². The fraction of sp³-hybridized carbons (Fsp3) is 0.677. The van der Waals surface area contributed by atoms with Crippen molar-refractivity contribution < 1.29 is 84.2 Å². The lowest BCUT2D eigenvalue weighted by Gasteiger charge is -2.42. The predicted molar refractivity (Wildman–Crippen MR) is 153 cm³/mol. The average molecular weight is 804 g/mol. The van der Waals surface area contributed by atoms with Crippen LogP contribution in [0.2, 0.25) is 0 Å². The minimum atomic E-state index is -8.66. The second-order valence-corrected chi connectivity index (χ2v) is 14.6. The number of alkyl halides is 17. The van der Waals surface area contributed by atoms with Crippen LogP contribution in [0.15, 0.2) is 29.8 Å². The number of hydrogen-bond acceptors (Lipinski definition) is 3. The standard InChI is InChI=1S/C31H30F17NO2S/c1-22(2)19-8-10-23(22,3)21(51)18(19)14-16-4-6-17(7-5-16)15-49-20(50)9-12-52-13-11-24(32,33)25(34,35)26(36,37)27(38,39)28(40,41)29(42,43)30(44,45)31(46,47)48/h4-7,14,19H,8-13,15H2,1-3H3,(H,49,50)/b18-14-. The van der Waals surface area contributed by atoms with E-state index in [-0.39, 0.29) is 35.4 Å². The van der Waals surface area contributed by atoms with Gasteiger partial charge in [-0.05, 0) is 52.7 Å². The van der Waals surface area contributed by atoms with Crippen LogP contribution in [-0.2, 0) is 16.1 Å². The monoisotopic (exact) mass is 803 g/mol. The van der Waals surface area contributed by atoms with Gasteiger partial charge >= 0.3 is 47.6 Å². The lowest BCUT2D eigenvalue weighted by molar-refractivity contribution is -0.461. The Balaban J connectivity index is 1.54. The Kier molecular flexibility index (Phi) is 11.4. The third-order valence-electron chi connectivity index (χ3n) is 9.98. The molecule has 296 valence electrons. The number of hydrogen-bond donors (Lipinski definition) is 1. The zero-order valence-corrected chi connectivity index (χ0v) is 27.9. The molecule has 2 fully saturated rings. The summed E-state index contributed by atoms with van der Waals surface area (Å²) in [4.78, 5) is 25.1. The normalized spacial score (nSPS) is 22.7. The summed E-state index contributed by atoms with van der Waals surface area (Å²) in [5.41, 5.74) is 1.36. The van der Waals surface area contributed by atoms with Crippen LogP contribution in [0.25, 0.3) is 6.08 Å². The second-order valence-electron chi connectivity index (χ2n) is 13.4. The highest BCUT2D eigenvalue weighted by Gasteiger charge is 2.95. The molecule has 1 N–H and O–H groups in total. The van der Waals surface area contributed by atoms with Gasteiger partial charge in [-0.15, -0.1) is 0 Å². The molecule has 0 radical (unpaired) electrons. The lowest BCUT2D eigenvalue weighted by atomic mass is 9.70. The summed E-state index contributed by atoms with van der Waals surface area (Å²) < 4.78 is 228. The summed E-state index contributed by atoms with van der Waals surface area (Å²) in [6.07, 6.45) is -7.39. The van der Waals surface area contributed by atoms with Gasteiger partial charge in [0.25, 0.3) is 0 Å². The Hall–Kier alpha value is -2.74. The van der Waals surface area contributed by atoms with E-state index in [4.69, 9.17) is 0 Å². The summed E-state index contributed by atoms with van der Waals surface area (Å²) in [5.74, 6) is -58.9. The van der Waals surface area contributed by atoms with E-state index in [0.29, 0.717) is 5.56 Å². The van der Waals surface area contributed by atoms with Gasteiger partial charge in [-0.1, -0.05) is 45.0 Å². The molecule has 2 bridgehead atoms. The molecule has 0 aromatic heterocycles. The van der Waals surface area contributed by atoms with Gasteiger partial charge < -0.3 is 5.32 Å². The summed E-state index contributed by atoms with van der Waals surface area (Å²) in [6, 6.07) is 6.65. The first-order chi connectivity index (χ1) is 23.2. The first-order valence-corrected chi connectivity index (χ1v) is 16.3. The van der Waals surface area contributed by atoms with Crippen LogP contribution in [0, 0.1) is 16.7 Å². The molecule has 0 saturated heterocycles. The summed E-state index contributed by atoms with van der Waals surface area (Å²) in [7, 11) is 0. The molecule has 3 rings (SSSR count). The van der Waals surface area contributed by atoms with Crippen LogP contribution in [0.1, 0.15) is 57.6 Å². The van der Waals surface area contributed by atoms with Gasteiger partial charge in [-0.3, -0.25) is 9.59 Å². The second kappa shape index (κ2) is 13.5. The molecule has 0 heterocycles. The fourth-order valence-electron chi connectivity index (χ4n) is 6.11. The van der Waals surface area contributed by atoms with E-state index in [1.807, 2.05) is 6.92 Å². The number of halogens is 17. The number of Topliss-reactive ketones (excluding diaryl/α,β-unsaturated/α-hetero) is 1. The SMILES string of the molecule is CC12CCC(/C(=C/c3ccc(CNC(=O)CCSCCC(F)(F)C(F)(F)C(F)(F)C(F)(F)C(F)(F)C(F)(F)C(F)(F)C(F)(F)F)cc3)C1=O)C2(C)C. The molecule has 3 nitrogen and oxygen atoms in total. The number of fused-ring (bicyclic) bond motifs is 2. The maximum absolute atomic E-state index is 14.0. The molecule has 1 amide bonds. The van der Waals surface area contributed by atoms with Gasteiger partial charge in [-0.25, -0.2) is 0 Å². The van der Waals surface area contributed by atoms with Crippen LogP contribution < -0.4 is 5.32 Å². The van der Waals surface area contributed by atoms with E-state index in [1.165, 1.54) is 0 Å². The number of nitrogens with one attached hydrogen (secondary N) is 1. The first kappa shape index (κ1) is 43.7. The van der Waals surface area contributed by atoms with Crippen molar-refractivity contribution in [1.29, 1.82) is 0 Å². The van der Waals surface area contributed by atoms with E-state index in [9.17, 15) is 84.2 Å². The highest BCUT2D eigenvalue weighted by molar-refractivity contribution is 7.99. The Morgan fingerprint density at radius 2 is 1.23 bits per heavy atom. The molecular weight excluding hydrogens is 773 g/mol. The maximum atomic E-state index is 14.0. The van der Waals surface area contributed by atoms with Crippen LogP contribution in [0.5, 0.6) is 0 Å². The molecule has 2 aliphatic carbocycles. The van der Waals surface area contributed by atoms with Gasteiger partial charge in [-0.2, -0.15) is 86.4 Å². The average Bonchev–Trinajstić information content (AvgIpc) is 3.32. The number of benzene rings is 1. The Labute approximate surface area is 289 Å². The van der Waals surface area contributed by atoms with Crippen LogP contribution >= 0.6 is 11.8 Å². The van der Waals surface area contributed by atoms with Crippen molar-refractivity contribution in [1.82, 2.24) is 5.32 Å². The third-order valence-corrected chi connectivity index (χ3v) is 11.0. The first-order valence-electron chi connectivity index (χ1n) is 15.1. The summed E-state index contributed by atoms with van der Waals surface area (Å²) in [5, 5.41) is 2.42. The topological polar surface area (TPSA) is 46.2 Å². The Bertz CT molecular complexity index is 1540. The molecule has 21 heteroatoms. The van der Waals surface area contributed by atoms with Gasteiger partial charge in [0.15, 0.2) is 5.78 Å². The Morgan fingerprint density at radius 3 is 1.69 bits per heavy atom. The number of carbonyl (C=O) groups is 2. The number of allylic oxidation sites excluding steroid dienone is 1. The number of ketones is 1. The van der Waals surface area contributed by atoms with Crippen molar-refractivity contribution in [3.8, 4) is 0 Å². The third kappa shape index (κ3) is 6.66. The van der Waals surface area contributed by atoms with Gasteiger partial charge in [0, 0.05) is 30.6 Å². The number of rotatable bonds is 15. The van der Waals surface area contributed by atoms with Gasteiger partial charge in [0.2, 0.25) is 5.91 Å². The molecule has 0 spiro atoms. The number of carbonyl (C=O) groups excluding carboxylic acids is 2. The highest BCUT2D eigenvalue weighted by atomic mass is 32.2. The zero-order valence-electron chi connectivity index (χ0n) is 27.1. The van der Waals surface area contributed by atoms with E-state index in [1.54, 1.807) is 30.3 Å². The molecular formula is C31H30F17NO2S. The van der Waals surface area contributed by atoms with E-state index in [0.717, 1.165) is 24.0 Å². The summed E-state index contributed by atoms with van der Waals surface area (Å²) in [6.45, 7) is 5.99. The highest BCUT2D eigenvalue weighted by Crippen LogP contribution is 2.66. The largest absolute Gasteiger partial charge is 0.460 e. The van der Waals surface area contributed by atoms with E-state index >= 15 is 0 Å². The van der Waals surface area contributed by atoms with Crippen molar-refractivity contribution in [3.05, 3.63) is 41.0 Å². The predicted octanol–water partition coefficient (Wildman–Crippen LogP) is 10.2. The van der Waals surface area contributed by atoms with Crippen LogP contribution in [0.3, 0.4) is 0 Å². The minimum absolute atomic E-state index is 0.0703. The maximum Gasteiger partial charge on any atom is 0.460 e. The van der Waals surface area contributed by atoms with E-state index < -0.39 is 83.3 Å². The summed E-state index contributed by atoms with van der Waals surface area (Å²) >= 11 is 0.169. The van der Waals surface area contributed by atoms with Crippen molar-refractivity contribution in [3.63, 3.8) is 0 Å². The fourth-order valence-corrected chi connectivity index (χ4v) is 7.05. The number of amides is 1. The van der Waals surface area contributed by atoms with E-state index in [2.05, 4.69) is 19.2 Å².